The Bertz CT molecular complexity index is 472. The molecule has 1 aliphatic rings. The van der Waals surface area contributed by atoms with Crippen molar-refractivity contribution in [3.63, 3.8) is 0 Å². The van der Waals surface area contributed by atoms with Crippen molar-refractivity contribution in [2.75, 3.05) is 31.5 Å². The van der Waals surface area contributed by atoms with E-state index in [9.17, 15) is 4.79 Å². The lowest BCUT2D eigenvalue weighted by atomic mass is 10.2. The van der Waals surface area contributed by atoms with Gasteiger partial charge in [0.05, 0.1) is 6.54 Å². The lowest BCUT2D eigenvalue weighted by Gasteiger charge is -2.26. The van der Waals surface area contributed by atoms with E-state index in [1.807, 2.05) is 25.1 Å². The van der Waals surface area contributed by atoms with Gasteiger partial charge in [-0.25, -0.2) is 0 Å². The molecule has 1 aliphatic heterocycles. The van der Waals surface area contributed by atoms with Crippen molar-refractivity contribution in [1.82, 2.24) is 10.2 Å². The quantitative estimate of drug-likeness (QED) is 0.876. The van der Waals surface area contributed by atoms with Gasteiger partial charge in [-0.1, -0.05) is 24.6 Å². The number of anilines is 1. The summed E-state index contributed by atoms with van der Waals surface area (Å²) in [5.74, 6) is 0.0177. The number of carbonyl (C=O) groups is 1. The van der Waals surface area contributed by atoms with Crippen molar-refractivity contribution in [2.24, 2.45) is 0 Å². The fraction of sp³-hybridized carbons (Fsp3) is 0.533. The predicted molar refractivity (Wildman–Crippen MR) is 83.3 cm³/mol. The van der Waals surface area contributed by atoms with Gasteiger partial charge in [-0.2, -0.15) is 0 Å². The summed E-state index contributed by atoms with van der Waals surface area (Å²) in [5.41, 5.74) is 1.70. The van der Waals surface area contributed by atoms with Crippen LogP contribution < -0.4 is 10.6 Å². The smallest absolute Gasteiger partial charge is 0.238 e. The largest absolute Gasteiger partial charge is 0.325 e. The van der Waals surface area contributed by atoms with E-state index in [4.69, 9.17) is 11.6 Å². The molecule has 1 aromatic rings. The number of benzene rings is 1. The summed E-state index contributed by atoms with van der Waals surface area (Å²) >= 11 is 6.06. The minimum Gasteiger partial charge on any atom is -0.325 e. The zero-order valence-corrected chi connectivity index (χ0v) is 12.8. The van der Waals surface area contributed by atoms with Gasteiger partial charge in [0, 0.05) is 23.3 Å². The molecule has 1 saturated heterocycles. The SMILES string of the molecule is CCN(CC(=O)Nc1cccc(Cl)c1C)C1CCNC1. The van der Waals surface area contributed by atoms with Crippen molar-refractivity contribution >= 4 is 23.2 Å². The average Bonchev–Trinajstić information content (AvgIpc) is 2.95. The van der Waals surface area contributed by atoms with Crippen LogP contribution in [0.15, 0.2) is 18.2 Å². The molecular weight excluding hydrogens is 274 g/mol. The van der Waals surface area contributed by atoms with Crippen LogP contribution in [0.2, 0.25) is 5.02 Å². The molecule has 0 bridgehead atoms. The van der Waals surface area contributed by atoms with E-state index in [0.717, 1.165) is 37.3 Å². The molecule has 1 atom stereocenters. The van der Waals surface area contributed by atoms with Crippen molar-refractivity contribution in [2.45, 2.75) is 26.3 Å². The zero-order chi connectivity index (χ0) is 14.5. The summed E-state index contributed by atoms with van der Waals surface area (Å²) in [6.07, 6.45) is 1.11. The molecule has 1 unspecified atom stereocenters. The monoisotopic (exact) mass is 295 g/mol. The van der Waals surface area contributed by atoms with Gasteiger partial charge in [0.2, 0.25) is 5.91 Å². The highest BCUT2D eigenvalue weighted by Crippen LogP contribution is 2.22. The minimum absolute atomic E-state index is 0.0177. The zero-order valence-electron chi connectivity index (χ0n) is 12.1. The van der Waals surface area contributed by atoms with Gasteiger partial charge in [0.15, 0.2) is 0 Å². The van der Waals surface area contributed by atoms with E-state index in [1.165, 1.54) is 0 Å². The van der Waals surface area contributed by atoms with E-state index < -0.39 is 0 Å². The summed E-state index contributed by atoms with van der Waals surface area (Å²) < 4.78 is 0. The van der Waals surface area contributed by atoms with E-state index in [2.05, 4.69) is 22.5 Å². The fourth-order valence-corrected chi connectivity index (χ4v) is 2.74. The predicted octanol–water partition coefficient (Wildman–Crippen LogP) is 2.27. The molecule has 0 spiro atoms. The second-order valence-electron chi connectivity index (χ2n) is 5.17. The second-order valence-corrected chi connectivity index (χ2v) is 5.58. The molecule has 2 rings (SSSR count). The van der Waals surface area contributed by atoms with Crippen LogP contribution in [0.3, 0.4) is 0 Å². The van der Waals surface area contributed by atoms with E-state index in [0.29, 0.717) is 17.6 Å². The topological polar surface area (TPSA) is 44.4 Å². The summed E-state index contributed by atoms with van der Waals surface area (Å²) in [5, 5.41) is 6.97. The number of rotatable bonds is 5. The number of nitrogens with zero attached hydrogens (tertiary/aromatic N) is 1. The first-order chi connectivity index (χ1) is 9.61. The number of amides is 1. The van der Waals surface area contributed by atoms with Gasteiger partial charge in [0.1, 0.15) is 0 Å². The molecule has 0 aromatic heterocycles. The number of hydrogen-bond donors (Lipinski definition) is 2. The van der Waals surface area contributed by atoms with Crippen molar-refractivity contribution in [1.29, 1.82) is 0 Å². The average molecular weight is 296 g/mol. The van der Waals surface area contributed by atoms with Crippen LogP contribution >= 0.6 is 11.6 Å². The van der Waals surface area contributed by atoms with E-state index in [-0.39, 0.29) is 5.91 Å². The third-order valence-electron chi connectivity index (χ3n) is 3.85. The Labute approximate surface area is 125 Å². The Balaban J connectivity index is 1.95. The lowest BCUT2D eigenvalue weighted by molar-refractivity contribution is -0.117. The van der Waals surface area contributed by atoms with E-state index >= 15 is 0 Å². The van der Waals surface area contributed by atoms with Crippen LogP contribution in [-0.2, 0) is 4.79 Å². The summed E-state index contributed by atoms with van der Waals surface area (Å²) in [4.78, 5) is 14.4. The summed E-state index contributed by atoms with van der Waals surface area (Å²) in [6, 6.07) is 6.02. The Morgan fingerprint density at radius 3 is 3.00 bits per heavy atom. The Hall–Kier alpha value is -1.10. The van der Waals surface area contributed by atoms with Crippen LogP contribution in [0, 0.1) is 6.92 Å². The second kappa shape index (κ2) is 7.07. The molecule has 0 saturated carbocycles. The highest BCUT2D eigenvalue weighted by atomic mass is 35.5. The molecule has 1 amide bonds. The standard InChI is InChI=1S/C15H22ClN3O/c1-3-19(12-7-8-17-9-12)10-15(20)18-14-6-4-5-13(16)11(14)2/h4-6,12,17H,3,7-10H2,1-2H3,(H,18,20). The molecule has 5 heteroatoms. The minimum atomic E-state index is 0.0177. The maximum Gasteiger partial charge on any atom is 0.238 e. The van der Waals surface area contributed by atoms with Crippen molar-refractivity contribution in [3.05, 3.63) is 28.8 Å². The normalized spacial score (nSPS) is 18.5. The third-order valence-corrected chi connectivity index (χ3v) is 4.25. The van der Waals surface area contributed by atoms with Crippen LogP contribution in [0.4, 0.5) is 5.69 Å². The Kier molecular flexibility index (Phi) is 5.40. The third kappa shape index (κ3) is 3.72. The van der Waals surface area contributed by atoms with Gasteiger partial charge in [-0.05, 0) is 44.1 Å². The van der Waals surface area contributed by atoms with Crippen molar-refractivity contribution in [3.8, 4) is 0 Å². The summed E-state index contributed by atoms with van der Waals surface area (Å²) in [7, 11) is 0. The van der Waals surface area contributed by atoms with Gasteiger partial charge in [-0.3, -0.25) is 9.69 Å². The molecule has 0 radical (unpaired) electrons. The lowest BCUT2D eigenvalue weighted by Crippen LogP contribution is -2.41. The van der Waals surface area contributed by atoms with Gasteiger partial charge in [0.25, 0.3) is 0 Å². The first-order valence-electron chi connectivity index (χ1n) is 7.11. The highest BCUT2D eigenvalue weighted by molar-refractivity contribution is 6.31. The van der Waals surface area contributed by atoms with Crippen LogP contribution in [0.25, 0.3) is 0 Å². The maximum atomic E-state index is 12.2. The van der Waals surface area contributed by atoms with Crippen LogP contribution in [0.5, 0.6) is 0 Å². The molecule has 0 aliphatic carbocycles. The number of likely N-dealkylation sites (N-methyl/N-ethyl adjacent to an activating group) is 1. The number of nitrogens with one attached hydrogen (secondary N) is 2. The molecular formula is C15H22ClN3O. The van der Waals surface area contributed by atoms with Gasteiger partial charge < -0.3 is 10.6 Å². The first-order valence-corrected chi connectivity index (χ1v) is 7.49. The van der Waals surface area contributed by atoms with E-state index in [1.54, 1.807) is 0 Å². The van der Waals surface area contributed by atoms with Crippen LogP contribution in [0.1, 0.15) is 18.9 Å². The molecule has 1 aromatic carbocycles. The van der Waals surface area contributed by atoms with Crippen LogP contribution in [-0.4, -0.2) is 43.0 Å². The molecule has 1 heterocycles. The molecule has 2 N–H and O–H groups in total. The molecule has 20 heavy (non-hydrogen) atoms. The van der Waals surface area contributed by atoms with Gasteiger partial charge >= 0.3 is 0 Å². The molecule has 110 valence electrons. The molecule has 1 fully saturated rings. The number of carbonyl (C=O) groups excluding carboxylic acids is 1. The maximum absolute atomic E-state index is 12.2. The Morgan fingerprint density at radius 1 is 1.55 bits per heavy atom. The molecule has 4 nitrogen and oxygen atoms in total. The Morgan fingerprint density at radius 2 is 2.35 bits per heavy atom. The summed E-state index contributed by atoms with van der Waals surface area (Å²) in [6.45, 7) is 7.32. The van der Waals surface area contributed by atoms with Gasteiger partial charge in [-0.15, -0.1) is 0 Å². The van der Waals surface area contributed by atoms with Crippen molar-refractivity contribution < 1.29 is 4.79 Å². The number of hydrogen-bond acceptors (Lipinski definition) is 3. The fourth-order valence-electron chi connectivity index (χ4n) is 2.57. The first kappa shape index (κ1) is 15.3. The number of halogens is 1. The highest BCUT2D eigenvalue weighted by Gasteiger charge is 2.22.